The van der Waals surface area contributed by atoms with Crippen LogP contribution in [0.25, 0.3) is 11.4 Å². The van der Waals surface area contributed by atoms with Gasteiger partial charge in [0.15, 0.2) is 0 Å². The van der Waals surface area contributed by atoms with Gasteiger partial charge in [-0.2, -0.15) is 4.98 Å². The summed E-state index contributed by atoms with van der Waals surface area (Å²) in [6.07, 6.45) is 5.28. The molecule has 1 aromatic heterocycles. The number of nitrogens with two attached hydrogens (primary N) is 1. The van der Waals surface area contributed by atoms with Gasteiger partial charge in [-0.15, -0.1) is 12.4 Å². The minimum Gasteiger partial charge on any atom is -0.337 e. The third kappa shape index (κ3) is 2.97. The van der Waals surface area contributed by atoms with Crippen LogP contribution in [0.15, 0.2) is 28.8 Å². The summed E-state index contributed by atoms with van der Waals surface area (Å²) in [6.45, 7) is 0. The minimum atomic E-state index is -0.456. The Bertz CT molecular complexity index is 579. The molecule has 3 rings (SSSR count). The van der Waals surface area contributed by atoms with E-state index in [-0.39, 0.29) is 12.4 Å². The van der Waals surface area contributed by atoms with E-state index in [0.29, 0.717) is 16.7 Å². The normalized spacial score (nSPS) is 17.5. The highest BCUT2D eigenvalue weighted by Gasteiger charge is 2.35. The topological polar surface area (TPSA) is 64.9 Å². The first-order valence-corrected chi connectivity index (χ1v) is 6.94. The summed E-state index contributed by atoms with van der Waals surface area (Å²) < 4.78 is 5.37. The van der Waals surface area contributed by atoms with Gasteiger partial charge in [0.2, 0.25) is 11.7 Å². The van der Waals surface area contributed by atoms with Gasteiger partial charge in [-0.05, 0) is 25.0 Å². The summed E-state index contributed by atoms with van der Waals surface area (Å²) in [5, 5.41) is 4.68. The van der Waals surface area contributed by atoms with Crippen LogP contribution in [0.4, 0.5) is 0 Å². The maximum absolute atomic E-state index is 6.38. The first kappa shape index (κ1) is 15.3. The van der Waals surface area contributed by atoms with Crippen LogP contribution in [0.5, 0.6) is 0 Å². The third-order valence-corrected chi connectivity index (χ3v) is 3.92. The molecular weight excluding hydrogens is 297 g/mol. The molecular formula is C14H17Cl2N3O. The average molecular weight is 314 g/mol. The molecule has 20 heavy (non-hydrogen) atoms. The molecule has 1 fully saturated rings. The molecule has 2 aromatic rings. The maximum atomic E-state index is 6.38. The van der Waals surface area contributed by atoms with Gasteiger partial charge >= 0.3 is 0 Å². The summed E-state index contributed by atoms with van der Waals surface area (Å²) in [4.78, 5) is 4.46. The van der Waals surface area contributed by atoms with E-state index in [1.54, 1.807) is 0 Å². The van der Waals surface area contributed by atoms with Crippen molar-refractivity contribution in [3.63, 3.8) is 0 Å². The molecule has 0 atom stereocenters. The molecule has 108 valence electrons. The van der Waals surface area contributed by atoms with Crippen molar-refractivity contribution >= 4 is 24.0 Å². The number of nitrogens with zero attached hydrogens (tertiary/aromatic N) is 2. The van der Waals surface area contributed by atoms with Crippen molar-refractivity contribution in [3.05, 3.63) is 35.2 Å². The van der Waals surface area contributed by atoms with Crippen LogP contribution in [0.1, 0.15) is 38.0 Å². The lowest BCUT2D eigenvalue weighted by molar-refractivity contribution is 0.220. The fourth-order valence-electron chi connectivity index (χ4n) is 2.57. The number of benzene rings is 1. The van der Waals surface area contributed by atoms with Crippen LogP contribution in [-0.2, 0) is 5.54 Å². The second-order valence-electron chi connectivity index (χ2n) is 5.15. The third-order valence-electron chi connectivity index (χ3n) is 3.68. The zero-order valence-electron chi connectivity index (χ0n) is 11.0. The summed E-state index contributed by atoms with van der Waals surface area (Å²) in [5.74, 6) is 1.09. The lowest BCUT2D eigenvalue weighted by Gasteiger charge is -2.29. The Morgan fingerprint density at radius 2 is 1.95 bits per heavy atom. The van der Waals surface area contributed by atoms with E-state index in [1.807, 2.05) is 24.3 Å². The Balaban J connectivity index is 0.00000147. The first-order chi connectivity index (χ1) is 9.17. The molecule has 6 heteroatoms. The number of rotatable bonds is 2. The molecule has 1 saturated carbocycles. The molecule has 0 radical (unpaired) electrons. The van der Waals surface area contributed by atoms with Crippen molar-refractivity contribution in [1.29, 1.82) is 0 Å². The van der Waals surface area contributed by atoms with Crippen molar-refractivity contribution in [2.75, 3.05) is 0 Å². The smallest absolute Gasteiger partial charge is 0.247 e. The first-order valence-electron chi connectivity index (χ1n) is 6.56. The Morgan fingerprint density at radius 1 is 1.20 bits per heavy atom. The second kappa shape index (κ2) is 6.12. The highest BCUT2D eigenvalue weighted by Crippen LogP contribution is 2.34. The van der Waals surface area contributed by atoms with Gasteiger partial charge in [0.05, 0.1) is 5.54 Å². The second-order valence-corrected chi connectivity index (χ2v) is 5.59. The van der Waals surface area contributed by atoms with Gasteiger partial charge < -0.3 is 10.3 Å². The van der Waals surface area contributed by atoms with Gasteiger partial charge in [-0.25, -0.2) is 0 Å². The highest BCUT2D eigenvalue weighted by atomic mass is 35.5. The molecule has 0 saturated heterocycles. The predicted octanol–water partition coefficient (Wildman–Crippen LogP) is 3.93. The van der Waals surface area contributed by atoms with Crippen LogP contribution < -0.4 is 5.73 Å². The summed E-state index contributed by atoms with van der Waals surface area (Å²) in [6, 6.07) is 7.41. The van der Waals surface area contributed by atoms with Gasteiger partial charge in [0, 0.05) is 10.6 Å². The SMILES string of the molecule is Cl.NC1(c2nc(-c3cccc(Cl)c3)no2)CCCCC1. The van der Waals surface area contributed by atoms with Crippen molar-refractivity contribution in [2.24, 2.45) is 5.73 Å². The number of hydrogen-bond acceptors (Lipinski definition) is 4. The van der Waals surface area contributed by atoms with Crippen molar-refractivity contribution < 1.29 is 4.52 Å². The van der Waals surface area contributed by atoms with Gasteiger partial charge in [-0.1, -0.05) is 48.2 Å². The van der Waals surface area contributed by atoms with Crippen LogP contribution in [0.2, 0.25) is 5.02 Å². The summed E-state index contributed by atoms with van der Waals surface area (Å²) in [7, 11) is 0. The Morgan fingerprint density at radius 3 is 2.65 bits per heavy atom. The number of halogens is 2. The Hall–Kier alpha value is -1.10. The largest absolute Gasteiger partial charge is 0.337 e. The van der Waals surface area contributed by atoms with E-state index in [9.17, 15) is 0 Å². The molecule has 0 amide bonds. The monoisotopic (exact) mass is 313 g/mol. The van der Waals surface area contributed by atoms with Crippen molar-refractivity contribution in [1.82, 2.24) is 10.1 Å². The highest BCUT2D eigenvalue weighted by molar-refractivity contribution is 6.30. The molecule has 0 bridgehead atoms. The minimum absolute atomic E-state index is 0. The maximum Gasteiger partial charge on any atom is 0.247 e. The Kier molecular flexibility index (Phi) is 4.68. The van der Waals surface area contributed by atoms with E-state index in [4.69, 9.17) is 21.9 Å². The molecule has 4 nitrogen and oxygen atoms in total. The molecule has 0 aliphatic heterocycles. The molecule has 1 heterocycles. The van der Waals surface area contributed by atoms with Crippen LogP contribution >= 0.6 is 24.0 Å². The van der Waals surface area contributed by atoms with Crippen LogP contribution in [0.3, 0.4) is 0 Å². The zero-order valence-corrected chi connectivity index (χ0v) is 12.6. The van der Waals surface area contributed by atoms with Gasteiger partial charge in [0.25, 0.3) is 0 Å². The predicted molar refractivity (Wildman–Crippen MR) is 80.9 cm³/mol. The van der Waals surface area contributed by atoms with Crippen LogP contribution in [-0.4, -0.2) is 10.1 Å². The fraction of sp³-hybridized carbons (Fsp3) is 0.429. The lowest BCUT2D eigenvalue weighted by Crippen LogP contribution is -2.38. The lowest BCUT2D eigenvalue weighted by atomic mass is 9.82. The summed E-state index contributed by atoms with van der Waals surface area (Å²) >= 11 is 5.97. The van der Waals surface area contributed by atoms with Crippen LogP contribution in [0, 0.1) is 0 Å². The van der Waals surface area contributed by atoms with E-state index < -0.39 is 5.54 Å². The Labute approximate surface area is 129 Å². The van der Waals surface area contributed by atoms with E-state index in [2.05, 4.69) is 10.1 Å². The summed E-state index contributed by atoms with van der Waals surface area (Å²) in [5.41, 5.74) is 6.77. The molecule has 2 N–H and O–H groups in total. The van der Waals surface area contributed by atoms with E-state index in [1.165, 1.54) is 6.42 Å². The molecule has 0 spiro atoms. The van der Waals surface area contributed by atoms with Crippen molar-refractivity contribution in [2.45, 2.75) is 37.6 Å². The fourth-order valence-corrected chi connectivity index (χ4v) is 2.76. The molecule has 1 aliphatic rings. The van der Waals surface area contributed by atoms with Gasteiger partial charge in [-0.3, -0.25) is 0 Å². The van der Waals surface area contributed by atoms with Crippen molar-refractivity contribution in [3.8, 4) is 11.4 Å². The molecule has 0 unspecified atom stereocenters. The molecule has 1 aliphatic carbocycles. The number of hydrogen-bond donors (Lipinski definition) is 1. The molecule has 1 aromatic carbocycles. The average Bonchev–Trinajstić information content (AvgIpc) is 2.90. The zero-order chi connectivity index (χ0) is 13.3. The van der Waals surface area contributed by atoms with E-state index in [0.717, 1.165) is 31.2 Å². The quantitative estimate of drug-likeness (QED) is 0.912. The number of aromatic nitrogens is 2. The standard InChI is InChI=1S/C14H16ClN3O.ClH/c15-11-6-4-5-10(9-11)12-17-13(19-18-12)14(16)7-2-1-3-8-14;/h4-6,9H,1-3,7-8,16H2;1H. The van der Waals surface area contributed by atoms with Gasteiger partial charge in [0.1, 0.15) is 0 Å². The van der Waals surface area contributed by atoms with E-state index >= 15 is 0 Å².